The number of aryl methyl sites for hydroxylation is 2. The summed E-state index contributed by atoms with van der Waals surface area (Å²) in [6.07, 6.45) is 6.25. The maximum absolute atomic E-state index is 12.3. The number of nitrogens with zero attached hydrogens (tertiary/aromatic N) is 2. The second-order valence-corrected chi connectivity index (χ2v) is 7.43. The van der Waals surface area contributed by atoms with E-state index in [0.717, 1.165) is 18.7 Å². The summed E-state index contributed by atoms with van der Waals surface area (Å²) in [4.78, 5) is 16.6. The number of carbonyl (C=O) groups excluding carboxylic acids is 1. The molecule has 0 bridgehead atoms. The van der Waals surface area contributed by atoms with E-state index in [0.29, 0.717) is 19.5 Å². The molecule has 4 nitrogen and oxygen atoms in total. The molecule has 2 aromatic rings. The standard InChI is InChI=1S/C20H27N3O/c1-4-17-21-11-13-23(17)12-10-18(24)22-15-20(14-19(20,2)3)16-8-6-5-7-9-16/h5-9,11,13H,4,10,12,14-15H2,1-3H3,(H,22,24)/t20-/m1/s1. The summed E-state index contributed by atoms with van der Waals surface area (Å²) in [6, 6.07) is 10.6. The molecule has 128 valence electrons. The molecular formula is C20H27N3O. The van der Waals surface area contributed by atoms with E-state index < -0.39 is 0 Å². The predicted octanol–water partition coefficient (Wildman–Crippen LogP) is 3.32. The lowest BCUT2D eigenvalue weighted by molar-refractivity contribution is -0.121. The van der Waals surface area contributed by atoms with Crippen LogP contribution in [0.4, 0.5) is 0 Å². The van der Waals surface area contributed by atoms with Crippen LogP contribution in [0.5, 0.6) is 0 Å². The van der Waals surface area contributed by atoms with Gasteiger partial charge in [-0.3, -0.25) is 4.79 Å². The third-order valence-corrected chi connectivity index (χ3v) is 5.53. The Morgan fingerprint density at radius 3 is 2.62 bits per heavy atom. The van der Waals surface area contributed by atoms with Crippen LogP contribution in [-0.4, -0.2) is 22.0 Å². The highest BCUT2D eigenvalue weighted by molar-refractivity contribution is 5.76. The Labute approximate surface area is 144 Å². The maximum Gasteiger partial charge on any atom is 0.221 e. The minimum absolute atomic E-state index is 0.0769. The first kappa shape index (κ1) is 16.7. The van der Waals surface area contributed by atoms with Crippen molar-refractivity contribution in [1.29, 1.82) is 0 Å². The summed E-state index contributed by atoms with van der Waals surface area (Å²) in [7, 11) is 0. The van der Waals surface area contributed by atoms with E-state index in [1.807, 2.05) is 12.3 Å². The number of aromatic nitrogens is 2. The third-order valence-electron chi connectivity index (χ3n) is 5.53. The van der Waals surface area contributed by atoms with Gasteiger partial charge in [0.1, 0.15) is 5.82 Å². The molecule has 0 radical (unpaired) electrons. The van der Waals surface area contributed by atoms with Gasteiger partial charge < -0.3 is 9.88 Å². The van der Waals surface area contributed by atoms with Gasteiger partial charge in [-0.25, -0.2) is 4.98 Å². The van der Waals surface area contributed by atoms with Gasteiger partial charge in [-0.05, 0) is 17.4 Å². The van der Waals surface area contributed by atoms with Gasteiger partial charge in [0.2, 0.25) is 5.91 Å². The Kier molecular flexibility index (Phi) is 4.48. The Bertz CT molecular complexity index is 705. The highest BCUT2D eigenvalue weighted by Crippen LogP contribution is 2.63. The molecule has 1 atom stereocenters. The van der Waals surface area contributed by atoms with E-state index in [4.69, 9.17) is 0 Å². The molecule has 1 amide bonds. The van der Waals surface area contributed by atoms with Crippen molar-refractivity contribution in [3.63, 3.8) is 0 Å². The molecular weight excluding hydrogens is 298 g/mol. The van der Waals surface area contributed by atoms with E-state index >= 15 is 0 Å². The molecule has 1 aliphatic carbocycles. The molecule has 1 saturated carbocycles. The molecule has 0 unspecified atom stereocenters. The van der Waals surface area contributed by atoms with Gasteiger partial charge >= 0.3 is 0 Å². The SMILES string of the molecule is CCc1nccn1CCC(=O)NC[C@@]1(c2ccccc2)CC1(C)C. The van der Waals surface area contributed by atoms with Gasteiger partial charge in [0.15, 0.2) is 0 Å². The van der Waals surface area contributed by atoms with Crippen LogP contribution in [0.3, 0.4) is 0 Å². The zero-order chi connectivity index (χ0) is 17.2. The van der Waals surface area contributed by atoms with Crippen molar-refractivity contribution in [3.8, 4) is 0 Å². The van der Waals surface area contributed by atoms with Crippen molar-refractivity contribution in [2.45, 2.75) is 52.0 Å². The second-order valence-electron chi connectivity index (χ2n) is 7.43. The smallest absolute Gasteiger partial charge is 0.221 e. The van der Waals surface area contributed by atoms with Crippen LogP contribution in [0.2, 0.25) is 0 Å². The molecule has 1 heterocycles. The van der Waals surface area contributed by atoms with Gasteiger partial charge in [-0.2, -0.15) is 0 Å². The summed E-state index contributed by atoms with van der Waals surface area (Å²) >= 11 is 0. The molecule has 0 saturated heterocycles. The number of hydrogen-bond acceptors (Lipinski definition) is 2. The van der Waals surface area contributed by atoms with Crippen molar-refractivity contribution >= 4 is 5.91 Å². The normalized spacial score (nSPS) is 21.5. The van der Waals surface area contributed by atoms with Crippen LogP contribution in [0.1, 0.15) is 45.0 Å². The van der Waals surface area contributed by atoms with Gasteiger partial charge in [0.25, 0.3) is 0 Å². The quantitative estimate of drug-likeness (QED) is 0.849. The molecule has 1 aromatic heterocycles. The minimum atomic E-state index is 0.0769. The zero-order valence-corrected chi connectivity index (χ0v) is 14.9. The zero-order valence-electron chi connectivity index (χ0n) is 14.9. The van der Waals surface area contributed by atoms with Crippen molar-refractivity contribution in [3.05, 3.63) is 54.1 Å². The molecule has 1 fully saturated rings. The number of hydrogen-bond donors (Lipinski definition) is 1. The largest absolute Gasteiger partial charge is 0.355 e. The number of rotatable bonds is 7. The van der Waals surface area contributed by atoms with Gasteiger partial charge in [0, 0.05) is 43.7 Å². The summed E-state index contributed by atoms with van der Waals surface area (Å²) in [5, 5.41) is 3.17. The molecule has 0 spiro atoms. The fourth-order valence-corrected chi connectivity index (χ4v) is 3.78. The van der Waals surface area contributed by atoms with E-state index in [1.165, 1.54) is 5.56 Å². The number of carbonyl (C=O) groups is 1. The average Bonchev–Trinajstić information content (AvgIpc) is 2.94. The Hall–Kier alpha value is -2.10. The van der Waals surface area contributed by atoms with Gasteiger partial charge in [-0.15, -0.1) is 0 Å². The summed E-state index contributed by atoms with van der Waals surface area (Å²) in [5.74, 6) is 1.15. The lowest BCUT2D eigenvalue weighted by Gasteiger charge is -2.22. The van der Waals surface area contributed by atoms with Crippen molar-refractivity contribution in [2.75, 3.05) is 6.54 Å². The fraction of sp³-hybridized carbons (Fsp3) is 0.500. The summed E-state index contributed by atoms with van der Waals surface area (Å²) in [6.45, 7) is 8.05. The molecule has 0 aliphatic heterocycles. The second kappa shape index (κ2) is 6.42. The minimum Gasteiger partial charge on any atom is -0.355 e. The predicted molar refractivity (Wildman–Crippen MR) is 95.7 cm³/mol. The topological polar surface area (TPSA) is 46.9 Å². The fourth-order valence-electron chi connectivity index (χ4n) is 3.78. The molecule has 4 heteroatoms. The van der Waals surface area contributed by atoms with Gasteiger partial charge in [-0.1, -0.05) is 51.1 Å². The summed E-state index contributed by atoms with van der Waals surface area (Å²) < 4.78 is 2.06. The lowest BCUT2D eigenvalue weighted by atomic mass is 9.88. The number of nitrogens with one attached hydrogen (secondary N) is 1. The molecule has 1 aromatic carbocycles. The lowest BCUT2D eigenvalue weighted by Crippen LogP contribution is -2.35. The first-order valence-corrected chi connectivity index (χ1v) is 8.81. The highest BCUT2D eigenvalue weighted by atomic mass is 16.1. The first-order chi connectivity index (χ1) is 11.5. The molecule has 1 aliphatic rings. The Morgan fingerprint density at radius 1 is 1.29 bits per heavy atom. The van der Waals surface area contributed by atoms with Crippen molar-refractivity contribution in [1.82, 2.24) is 14.9 Å². The van der Waals surface area contributed by atoms with Crippen LogP contribution < -0.4 is 5.32 Å². The van der Waals surface area contributed by atoms with Crippen LogP contribution in [0.15, 0.2) is 42.7 Å². The molecule has 3 rings (SSSR count). The van der Waals surface area contributed by atoms with Crippen LogP contribution in [0, 0.1) is 5.41 Å². The van der Waals surface area contributed by atoms with E-state index in [-0.39, 0.29) is 16.7 Å². The molecule has 24 heavy (non-hydrogen) atoms. The maximum atomic E-state index is 12.3. The Balaban J connectivity index is 1.57. The first-order valence-electron chi connectivity index (χ1n) is 8.81. The summed E-state index contributed by atoms with van der Waals surface area (Å²) in [5.41, 5.74) is 1.65. The third kappa shape index (κ3) is 3.10. The average molecular weight is 325 g/mol. The van der Waals surface area contributed by atoms with Crippen molar-refractivity contribution in [2.24, 2.45) is 5.41 Å². The number of amides is 1. The Morgan fingerprint density at radius 2 is 2.00 bits per heavy atom. The number of benzene rings is 1. The molecule has 1 N–H and O–H groups in total. The van der Waals surface area contributed by atoms with E-state index in [1.54, 1.807) is 6.20 Å². The monoisotopic (exact) mass is 325 g/mol. The van der Waals surface area contributed by atoms with E-state index in [2.05, 4.69) is 59.9 Å². The van der Waals surface area contributed by atoms with Crippen LogP contribution >= 0.6 is 0 Å². The number of imidazole rings is 1. The van der Waals surface area contributed by atoms with Crippen LogP contribution in [0.25, 0.3) is 0 Å². The van der Waals surface area contributed by atoms with Crippen molar-refractivity contribution < 1.29 is 4.79 Å². The van der Waals surface area contributed by atoms with E-state index in [9.17, 15) is 4.79 Å². The van der Waals surface area contributed by atoms with Crippen LogP contribution in [-0.2, 0) is 23.2 Å². The highest BCUT2D eigenvalue weighted by Gasteiger charge is 2.61. The van der Waals surface area contributed by atoms with Gasteiger partial charge in [0.05, 0.1) is 0 Å².